The summed E-state index contributed by atoms with van der Waals surface area (Å²) >= 11 is 7.46. The van der Waals surface area contributed by atoms with Gasteiger partial charge in [-0.2, -0.15) is 0 Å². The van der Waals surface area contributed by atoms with Gasteiger partial charge in [0, 0.05) is 18.9 Å². The minimum atomic E-state index is -0.0709. The first-order chi connectivity index (χ1) is 13.1. The summed E-state index contributed by atoms with van der Waals surface area (Å²) in [7, 11) is 0. The number of hydrogen-bond donors (Lipinski definition) is 0. The third-order valence-corrected chi connectivity index (χ3v) is 5.02. The number of carbonyl (C=O) groups excluding carboxylic acids is 1. The van der Waals surface area contributed by atoms with Gasteiger partial charge in [0.1, 0.15) is 12.4 Å². The highest BCUT2D eigenvalue weighted by Gasteiger charge is 2.32. The molecule has 0 N–H and O–H groups in total. The molecule has 1 fully saturated rings. The molecular formula is C20H18ClN3O2S. The molecule has 5 nitrogen and oxygen atoms in total. The Morgan fingerprint density at radius 2 is 2.11 bits per heavy atom. The van der Waals surface area contributed by atoms with Crippen molar-refractivity contribution in [2.24, 2.45) is 4.99 Å². The SMILES string of the molecule is C=CCOc1ccc(/C=C2\SC(=Nc3ccncc3Cl)N(CC)C2=O)cc1. The summed E-state index contributed by atoms with van der Waals surface area (Å²) in [4.78, 5) is 23.5. The second-order valence-electron chi connectivity index (χ2n) is 5.55. The van der Waals surface area contributed by atoms with Crippen LogP contribution in [0.1, 0.15) is 12.5 Å². The summed E-state index contributed by atoms with van der Waals surface area (Å²) in [6.07, 6.45) is 6.70. The lowest BCUT2D eigenvalue weighted by Crippen LogP contribution is -2.28. The molecule has 0 radical (unpaired) electrons. The van der Waals surface area contributed by atoms with Crippen LogP contribution >= 0.6 is 23.4 Å². The second-order valence-corrected chi connectivity index (χ2v) is 6.97. The van der Waals surface area contributed by atoms with Crippen molar-refractivity contribution in [2.45, 2.75) is 6.92 Å². The summed E-state index contributed by atoms with van der Waals surface area (Å²) in [5, 5.41) is 1.05. The van der Waals surface area contributed by atoms with Gasteiger partial charge < -0.3 is 4.74 Å². The van der Waals surface area contributed by atoms with E-state index in [2.05, 4.69) is 16.6 Å². The number of aliphatic imine (C=N–C) groups is 1. The maximum atomic E-state index is 12.7. The molecule has 27 heavy (non-hydrogen) atoms. The number of rotatable bonds is 6. The lowest BCUT2D eigenvalue weighted by atomic mass is 10.2. The number of aromatic nitrogens is 1. The van der Waals surface area contributed by atoms with Crippen LogP contribution in [0, 0.1) is 0 Å². The zero-order valence-corrected chi connectivity index (χ0v) is 16.3. The molecule has 0 bridgehead atoms. The third kappa shape index (κ3) is 4.59. The maximum absolute atomic E-state index is 12.7. The zero-order chi connectivity index (χ0) is 19.2. The molecule has 1 amide bonds. The van der Waals surface area contributed by atoms with Crippen LogP contribution in [0.2, 0.25) is 5.02 Å². The minimum absolute atomic E-state index is 0.0709. The molecule has 1 aromatic heterocycles. The Labute approximate surface area is 167 Å². The number of halogens is 1. The Hall–Kier alpha value is -2.57. The van der Waals surface area contributed by atoms with Gasteiger partial charge in [0.15, 0.2) is 5.17 Å². The number of hydrogen-bond acceptors (Lipinski definition) is 5. The summed E-state index contributed by atoms with van der Waals surface area (Å²) in [6.45, 7) is 6.52. The number of thioether (sulfide) groups is 1. The van der Waals surface area contributed by atoms with Crippen molar-refractivity contribution < 1.29 is 9.53 Å². The molecule has 3 rings (SSSR count). The molecule has 138 valence electrons. The summed E-state index contributed by atoms with van der Waals surface area (Å²) < 4.78 is 5.47. The average Bonchev–Trinajstić information content (AvgIpc) is 2.97. The third-order valence-electron chi connectivity index (χ3n) is 3.72. The highest BCUT2D eigenvalue weighted by atomic mass is 35.5. The number of pyridine rings is 1. The normalized spacial score (nSPS) is 17.0. The Morgan fingerprint density at radius 1 is 1.33 bits per heavy atom. The smallest absolute Gasteiger partial charge is 0.266 e. The largest absolute Gasteiger partial charge is 0.490 e. The number of carbonyl (C=O) groups is 1. The van der Waals surface area contributed by atoms with E-state index in [0.29, 0.717) is 33.9 Å². The predicted molar refractivity (Wildman–Crippen MR) is 111 cm³/mol. The molecule has 0 saturated carbocycles. The van der Waals surface area contributed by atoms with Gasteiger partial charge in [0.05, 0.1) is 15.6 Å². The topological polar surface area (TPSA) is 54.8 Å². The van der Waals surface area contributed by atoms with Crippen molar-refractivity contribution in [2.75, 3.05) is 13.2 Å². The van der Waals surface area contributed by atoms with Crippen LogP contribution in [0.4, 0.5) is 5.69 Å². The summed E-state index contributed by atoms with van der Waals surface area (Å²) in [5.74, 6) is 0.686. The van der Waals surface area contributed by atoms with Crippen LogP contribution in [-0.4, -0.2) is 34.1 Å². The van der Waals surface area contributed by atoms with Crippen LogP contribution in [0.5, 0.6) is 5.75 Å². The molecule has 1 aliphatic rings. The van der Waals surface area contributed by atoms with Gasteiger partial charge in [-0.1, -0.05) is 36.4 Å². The summed E-state index contributed by atoms with van der Waals surface area (Å²) in [5.41, 5.74) is 1.50. The molecule has 0 atom stereocenters. The first kappa shape index (κ1) is 19.2. The standard InChI is InChI=1S/C20H18ClN3O2S/c1-3-11-26-15-7-5-14(6-8-15)12-18-19(25)24(4-2)20(27-18)23-17-9-10-22-13-16(17)21/h3,5-10,12-13H,1,4,11H2,2H3/b18-12-,23-20?. The molecule has 1 saturated heterocycles. The Morgan fingerprint density at radius 3 is 2.78 bits per heavy atom. The fraction of sp³-hybridized carbons (Fsp3) is 0.150. The zero-order valence-electron chi connectivity index (χ0n) is 14.8. The quantitative estimate of drug-likeness (QED) is 0.510. The molecule has 0 unspecified atom stereocenters. The molecule has 0 aliphatic carbocycles. The number of amides is 1. The number of ether oxygens (including phenoxy) is 1. The van der Waals surface area contributed by atoms with Gasteiger partial charge >= 0.3 is 0 Å². The Kier molecular flexibility index (Phi) is 6.32. The van der Waals surface area contributed by atoms with E-state index in [4.69, 9.17) is 16.3 Å². The first-order valence-electron chi connectivity index (χ1n) is 8.35. The van der Waals surface area contributed by atoms with Crippen LogP contribution < -0.4 is 4.74 Å². The van der Waals surface area contributed by atoms with Gasteiger partial charge in [-0.3, -0.25) is 14.7 Å². The molecular weight excluding hydrogens is 382 g/mol. The predicted octanol–water partition coefficient (Wildman–Crippen LogP) is 4.92. The second kappa shape index (κ2) is 8.88. The van der Waals surface area contributed by atoms with E-state index in [1.54, 1.807) is 23.2 Å². The van der Waals surface area contributed by atoms with Gasteiger partial charge in [-0.25, -0.2) is 4.99 Å². The highest BCUT2D eigenvalue weighted by molar-refractivity contribution is 8.18. The van der Waals surface area contributed by atoms with Crippen LogP contribution in [-0.2, 0) is 4.79 Å². The van der Waals surface area contributed by atoms with Crippen LogP contribution in [0.3, 0.4) is 0 Å². The number of nitrogens with zero attached hydrogens (tertiary/aromatic N) is 3. The molecule has 1 aromatic carbocycles. The molecule has 2 heterocycles. The number of amidine groups is 1. The van der Waals surface area contributed by atoms with Gasteiger partial charge in [0.2, 0.25) is 0 Å². The Bertz CT molecular complexity index is 910. The first-order valence-corrected chi connectivity index (χ1v) is 9.55. The van der Waals surface area contributed by atoms with E-state index in [1.165, 1.54) is 18.0 Å². The van der Waals surface area contributed by atoms with E-state index >= 15 is 0 Å². The summed E-state index contributed by atoms with van der Waals surface area (Å²) in [6, 6.07) is 9.26. The molecule has 0 spiro atoms. The van der Waals surface area contributed by atoms with Crippen molar-refractivity contribution in [3.63, 3.8) is 0 Å². The van der Waals surface area contributed by atoms with Crippen LogP contribution in [0.15, 0.2) is 65.3 Å². The van der Waals surface area contributed by atoms with E-state index in [1.807, 2.05) is 37.3 Å². The van der Waals surface area contributed by atoms with E-state index in [0.717, 1.165) is 11.3 Å². The lowest BCUT2D eigenvalue weighted by molar-refractivity contribution is -0.122. The average molecular weight is 400 g/mol. The van der Waals surface area contributed by atoms with E-state index in [9.17, 15) is 4.79 Å². The maximum Gasteiger partial charge on any atom is 0.266 e. The number of benzene rings is 1. The van der Waals surface area contributed by atoms with Gasteiger partial charge in [-0.05, 0) is 48.5 Å². The van der Waals surface area contributed by atoms with Crippen molar-refractivity contribution in [1.29, 1.82) is 0 Å². The van der Waals surface area contributed by atoms with Crippen molar-refractivity contribution in [3.8, 4) is 5.75 Å². The van der Waals surface area contributed by atoms with E-state index < -0.39 is 0 Å². The number of likely N-dealkylation sites (N-methyl/N-ethyl adjacent to an activating group) is 1. The monoisotopic (exact) mass is 399 g/mol. The van der Waals surface area contributed by atoms with Gasteiger partial charge in [0.25, 0.3) is 5.91 Å². The lowest BCUT2D eigenvalue weighted by Gasteiger charge is -2.12. The van der Waals surface area contributed by atoms with E-state index in [-0.39, 0.29) is 5.91 Å². The molecule has 2 aromatic rings. The highest BCUT2D eigenvalue weighted by Crippen LogP contribution is 2.35. The van der Waals surface area contributed by atoms with Crippen LogP contribution in [0.25, 0.3) is 6.08 Å². The molecule has 7 heteroatoms. The van der Waals surface area contributed by atoms with Gasteiger partial charge in [-0.15, -0.1) is 0 Å². The Balaban J connectivity index is 1.84. The fourth-order valence-corrected chi connectivity index (χ4v) is 3.62. The van der Waals surface area contributed by atoms with Crippen molar-refractivity contribution in [1.82, 2.24) is 9.88 Å². The molecule has 1 aliphatic heterocycles. The minimum Gasteiger partial charge on any atom is -0.490 e. The van der Waals surface area contributed by atoms with Crippen molar-refractivity contribution in [3.05, 3.63) is 70.9 Å². The fourth-order valence-electron chi connectivity index (χ4n) is 2.40. The van der Waals surface area contributed by atoms with Crippen molar-refractivity contribution >= 4 is 46.2 Å².